The normalized spacial score (nSPS) is 9.46. The lowest BCUT2D eigenvalue weighted by Gasteiger charge is -1.98. The molecule has 0 aliphatic rings. The number of hydrogen-bond acceptors (Lipinski definition) is 1. The van der Waals surface area contributed by atoms with Crippen LogP contribution in [0.1, 0.15) is 38.2 Å². The molecule has 0 heterocycles. The first-order valence-corrected chi connectivity index (χ1v) is 8.42. The third kappa shape index (κ3) is 4.50. The Bertz CT molecular complexity index is 1050. The van der Waals surface area contributed by atoms with Gasteiger partial charge in [0.15, 0.2) is 0 Å². The highest BCUT2D eigenvalue weighted by Gasteiger charge is 2.06. The van der Waals surface area contributed by atoms with Crippen LogP contribution in [0.15, 0.2) is 72.8 Å². The molecule has 0 saturated heterocycles. The maximum absolute atomic E-state index is 12.5. The highest BCUT2D eigenvalue weighted by Crippen LogP contribution is 2.09. The van der Waals surface area contributed by atoms with Crippen molar-refractivity contribution in [1.29, 1.82) is 0 Å². The summed E-state index contributed by atoms with van der Waals surface area (Å²) in [7, 11) is 0. The van der Waals surface area contributed by atoms with Crippen molar-refractivity contribution >= 4 is 5.78 Å². The molecular weight excluding hydrogens is 316 g/mol. The minimum atomic E-state index is -0.223. The third-order valence-corrected chi connectivity index (χ3v) is 3.94. The zero-order chi connectivity index (χ0) is 18.4. The van der Waals surface area contributed by atoms with Crippen molar-refractivity contribution in [2.45, 2.75) is 13.8 Å². The molecule has 0 bridgehead atoms. The first-order valence-electron chi connectivity index (χ1n) is 8.42. The van der Waals surface area contributed by atoms with E-state index >= 15 is 0 Å². The Labute approximate surface area is 154 Å². The van der Waals surface area contributed by atoms with Crippen LogP contribution in [0.25, 0.3) is 0 Å². The maximum Gasteiger partial charge on any atom is 0.237 e. The van der Waals surface area contributed by atoms with E-state index in [1.165, 1.54) is 11.1 Å². The predicted molar refractivity (Wildman–Crippen MR) is 106 cm³/mol. The first kappa shape index (κ1) is 17.3. The SMILES string of the molecule is Cc1ccc(C#CC(=O)c2ccccc2C#Cc2ccc(C)cc2)cc1. The lowest BCUT2D eigenvalue weighted by molar-refractivity contribution is 0.105. The largest absolute Gasteiger partial charge is 0.279 e. The van der Waals surface area contributed by atoms with Gasteiger partial charge in [0.25, 0.3) is 0 Å². The van der Waals surface area contributed by atoms with Crippen LogP contribution in [0.4, 0.5) is 0 Å². The molecule has 0 fully saturated rings. The van der Waals surface area contributed by atoms with E-state index < -0.39 is 0 Å². The van der Waals surface area contributed by atoms with E-state index in [9.17, 15) is 4.79 Å². The van der Waals surface area contributed by atoms with Gasteiger partial charge in [-0.15, -0.1) is 0 Å². The summed E-state index contributed by atoms with van der Waals surface area (Å²) in [6.45, 7) is 4.06. The molecule has 1 nitrogen and oxygen atoms in total. The van der Waals surface area contributed by atoms with E-state index in [4.69, 9.17) is 0 Å². The summed E-state index contributed by atoms with van der Waals surface area (Å²) in [5.74, 6) is 11.6. The Morgan fingerprint density at radius 3 is 1.81 bits per heavy atom. The van der Waals surface area contributed by atoms with Crippen molar-refractivity contribution in [3.8, 4) is 23.7 Å². The van der Waals surface area contributed by atoms with Gasteiger partial charge in [-0.3, -0.25) is 4.79 Å². The second-order valence-electron chi connectivity index (χ2n) is 6.11. The molecular formula is C25H18O. The quantitative estimate of drug-likeness (QED) is 0.455. The minimum Gasteiger partial charge on any atom is -0.279 e. The van der Waals surface area contributed by atoms with Gasteiger partial charge in [-0.05, 0) is 56.2 Å². The van der Waals surface area contributed by atoms with Crippen molar-refractivity contribution in [2.24, 2.45) is 0 Å². The summed E-state index contributed by atoms with van der Waals surface area (Å²) in [5, 5.41) is 0. The average Bonchev–Trinajstić information content (AvgIpc) is 2.67. The molecule has 0 saturated carbocycles. The highest BCUT2D eigenvalue weighted by atomic mass is 16.1. The molecule has 1 heteroatoms. The standard InChI is InChI=1S/C25H18O/c1-19-7-11-21(12-8-19)15-17-23-5-3-4-6-24(23)25(26)18-16-22-13-9-20(2)10-14-22/h3-14H,1-2H3. The molecule has 0 aliphatic carbocycles. The van der Waals surface area contributed by atoms with Crippen LogP contribution in [-0.4, -0.2) is 5.78 Å². The molecule has 3 rings (SSSR count). The van der Waals surface area contributed by atoms with Gasteiger partial charge in [0.2, 0.25) is 5.78 Å². The van der Waals surface area contributed by atoms with Crippen molar-refractivity contribution in [2.75, 3.05) is 0 Å². The van der Waals surface area contributed by atoms with Gasteiger partial charge in [0, 0.05) is 22.3 Å². The zero-order valence-corrected chi connectivity index (χ0v) is 14.8. The fourth-order valence-electron chi connectivity index (χ4n) is 2.40. The molecule has 3 aromatic carbocycles. The topological polar surface area (TPSA) is 17.1 Å². The molecule has 0 radical (unpaired) electrons. The molecule has 0 N–H and O–H groups in total. The third-order valence-electron chi connectivity index (χ3n) is 3.94. The van der Waals surface area contributed by atoms with Crippen LogP contribution in [0.5, 0.6) is 0 Å². The van der Waals surface area contributed by atoms with Gasteiger partial charge in [0.05, 0.1) is 0 Å². The Balaban J connectivity index is 1.86. The molecule has 0 aliphatic heterocycles. The Morgan fingerprint density at radius 2 is 1.19 bits per heavy atom. The molecule has 0 atom stereocenters. The summed E-state index contributed by atoms with van der Waals surface area (Å²) >= 11 is 0. The minimum absolute atomic E-state index is 0.223. The molecule has 0 amide bonds. The molecule has 3 aromatic rings. The van der Waals surface area contributed by atoms with Crippen molar-refractivity contribution < 1.29 is 4.79 Å². The highest BCUT2D eigenvalue weighted by molar-refractivity contribution is 6.10. The van der Waals surface area contributed by atoms with Gasteiger partial charge >= 0.3 is 0 Å². The van der Waals surface area contributed by atoms with E-state index in [0.717, 1.165) is 11.1 Å². The number of carbonyl (C=O) groups is 1. The van der Waals surface area contributed by atoms with Crippen molar-refractivity contribution in [3.05, 3.63) is 106 Å². The number of Topliss-reactive ketones (excluding diaryl/α,β-unsaturated/α-hetero) is 1. The Hall–Kier alpha value is -3.55. The van der Waals surface area contributed by atoms with E-state index in [1.54, 1.807) is 6.07 Å². The van der Waals surface area contributed by atoms with Crippen LogP contribution in [0.2, 0.25) is 0 Å². The van der Waals surface area contributed by atoms with Crippen LogP contribution in [0, 0.1) is 37.5 Å². The summed E-state index contributed by atoms with van der Waals surface area (Å²) in [4.78, 5) is 12.5. The molecule has 124 valence electrons. The molecule has 0 unspecified atom stereocenters. The Morgan fingerprint density at radius 1 is 0.654 bits per heavy atom. The summed E-state index contributed by atoms with van der Waals surface area (Å²) in [6.07, 6.45) is 0. The number of benzene rings is 3. The fraction of sp³-hybridized carbons (Fsp3) is 0.0800. The van der Waals surface area contributed by atoms with Gasteiger partial charge in [-0.1, -0.05) is 65.3 Å². The lowest BCUT2D eigenvalue weighted by Crippen LogP contribution is -1.98. The number of carbonyl (C=O) groups excluding carboxylic acids is 1. The Kier molecular flexibility index (Phi) is 5.33. The molecule has 0 spiro atoms. The zero-order valence-electron chi connectivity index (χ0n) is 14.8. The van der Waals surface area contributed by atoms with Crippen LogP contribution in [-0.2, 0) is 0 Å². The van der Waals surface area contributed by atoms with Crippen LogP contribution >= 0.6 is 0 Å². The summed E-state index contributed by atoms with van der Waals surface area (Å²) in [6, 6.07) is 23.1. The monoisotopic (exact) mass is 334 g/mol. The van der Waals surface area contributed by atoms with E-state index in [-0.39, 0.29) is 5.78 Å². The second-order valence-corrected chi connectivity index (χ2v) is 6.11. The van der Waals surface area contributed by atoms with Gasteiger partial charge in [0.1, 0.15) is 0 Å². The van der Waals surface area contributed by atoms with E-state index in [1.807, 2.05) is 80.6 Å². The number of ketones is 1. The van der Waals surface area contributed by atoms with Crippen molar-refractivity contribution in [1.82, 2.24) is 0 Å². The van der Waals surface area contributed by atoms with E-state index in [2.05, 4.69) is 23.7 Å². The number of hydrogen-bond donors (Lipinski definition) is 0. The average molecular weight is 334 g/mol. The molecule has 26 heavy (non-hydrogen) atoms. The maximum atomic E-state index is 12.5. The number of aryl methyl sites for hydroxylation is 2. The van der Waals surface area contributed by atoms with Gasteiger partial charge in [-0.2, -0.15) is 0 Å². The fourth-order valence-corrected chi connectivity index (χ4v) is 2.40. The summed E-state index contributed by atoms with van der Waals surface area (Å²) < 4.78 is 0. The predicted octanol–water partition coefficient (Wildman–Crippen LogP) is 4.94. The lowest BCUT2D eigenvalue weighted by atomic mass is 10.0. The number of rotatable bonds is 1. The second kappa shape index (κ2) is 8.02. The van der Waals surface area contributed by atoms with Crippen LogP contribution < -0.4 is 0 Å². The van der Waals surface area contributed by atoms with Crippen molar-refractivity contribution in [3.63, 3.8) is 0 Å². The van der Waals surface area contributed by atoms with Gasteiger partial charge < -0.3 is 0 Å². The molecule has 0 aromatic heterocycles. The first-order chi connectivity index (χ1) is 12.6. The smallest absolute Gasteiger partial charge is 0.237 e. The van der Waals surface area contributed by atoms with Gasteiger partial charge in [-0.25, -0.2) is 0 Å². The van der Waals surface area contributed by atoms with E-state index in [0.29, 0.717) is 11.1 Å². The van der Waals surface area contributed by atoms with Crippen LogP contribution in [0.3, 0.4) is 0 Å². The summed E-state index contributed by atoms with van der Waals surface area (Å²) in [5.41, 5.74) is 5.33.